The fourth-order valence-corrected chi connectivity index (χ4v) is 3.77. The van der Waals surface area contributed by atoms with Crippen molar-refractivity contribution in [3.8, 4) is 6.07 Å². The highest BCUT2D eigenvalue weighted by atomic mass is 35.5. The van der Waals surface area contributed by atoms with Crippen molar-refractivity contribution in [2.75, 3.05) is 18.5 Å². The van der Waals surface area contributed by atoms with Crippen LogP contribution in [0.3, 0.4) is 0 Å². The Bertz CT molecular complexity index is 1450. The van der Waals surface area contributed by atoms with Crippen molar-refractivity contribution in [3.05, 3.63) is 69.0 Å². The van der Waals surface area contributed by atoms with E-state index in [0.29, 0.717) is 22.2 Å². The number of aromatic nitrogens is 3. The number of nitrogens with zero attached hydrogens (tertiary/aromatic N) is 5. The van der Waals surface area contributed by atoms with Gasteiger partial charge in [0.1, 0.15) is 35.3 Å². The van der Waals surface area contributed by atoms with Gasteiger partial charge in [-0.2, -0.15) is 14.9 Å². The van der Waals surface area contributed by atoms with Crippen LogP contribution in [0.15, 0.2) is 29.9 Å². The number of fused-ring (bicyclic) bond motifs is 1. The molecule has 8 nitrogen and oxygen atoms in total. The monoisotopic (exact) mass is 490 g/mol. The number of hydrogen-bond acceptors (Lipinski definition) is 7. The van der Waals surface area contributed by atoms with Crippen LogP contribution in [-0.4, -0.2) is 45.1 Å². The zero-order valence-corrected chi connectivity index (χ0v) is 18.5. The zero-order chi connectivity index (χ0) is 24.6. The summed E-state index contributed by atoms with van der Waals surface area (Å²) < 4.78 is 47.8. The third-order valence-electron chi connectivity index (χ3n) is 5.27. The summed E-state index contributed by atoms with van der Waals surface area (Å²) in [6.45, 7) is 5.34. The van der Waals surface area contributed by atoms with E-state index in [1.54, 1.807) is 13.0 Å². The van der Waals surface area contributed by atoms with Crippen LogP contribution >= 0.6 is 11.6 Å². The van der Waals surface area contributed by atoms with Crippen LogP contribution in [0.25, 0.3) is 11.7 Å². The van der Waals surface area contributed by atoms with Crippen molar-refractivity contribution in [2.45, 2.75) is 25.5 Å². The van der Waals surface area contributed by atoms with E-state index < -0.39 is 30.1 Å². The molecule has 2 atom stereocenters. The van der Waals surface area contributed by atoms with Gasteiger partial charge in [-0.3, -0.25) is 4.99 Å². The molecule has 34 heavy (non-hydrogen) atoms. The van der Waals surface area contributed by atoms with E-state index in [2.05, 4.69) is 27.0 Å². The third-order valence-corrected chi connectivity index (χ3v) is 5.56. The summed E-state index contributed by atoms with van der Waals surface area (Å²) in [5, 5.41) is 26.7. The van der Waals surface area contributed by atoms with E-state index >= 15 is 0 Å². The lowest BCUT2D eigenvalue weighted by atomic mass is 10.1. The molecular formula is C22H18ClF3N6O2. The highest BCUT2D eigenvalue weighted by Gasteiger charge is 2.27. The standard InChI is InChI=1S/C22H18ClF3N6O2/c1-3-28-16-6-14(23)15(24)5-11(16)4-12-10(2)29-22-13(7-27)19(20(25)26)31-32(22)21(12)30-17-8-34-9-18(17)33/h3-6,17-18,20,28,33H,1,8-9H2,2H3/b12-4+,30-21?. The molecule has 0 radical (unpaired) electrons. The predicted octanol–water partition coefficient (Wildman–Crippen LogP) is 2.40. The first-order valence-corrected chi connectivity index (χ1v) is 10.4. The maximum atomic E-state index is 14.3. The molecule has 1 aromatic carbocycles. The number of hydrogen-bond donors (Lipinski definition) is 2. The molecule has 12 heteroatoms. The van der Waals surface area contributed by atoms with Crippen LogP contribution in [0.4, 0.5) is 18.9 Å². The molecule has 2 unspecified atom stereocenters. The summed E-state index contributed by atoms with van der Waals surface area (Å²) in [6, 6.07) is 3.57. The molecule has 4 rings (SSSR count). The van der Waals surface area contributed by atoms with Crippen LogP contribution < -0.4 is 16.0 Å². The zero-order valence-electron chi connectivity index (χ0n) is 17.8. The van der Waals surface area contributed by atoms with Gasteiger partial charge >= 0.3 is 0 Å². The first-order chi connectivity index (χ1) is 16.2. The minimum absolute atomic E-state index is 0.0559. The topological polar surface area (TPSA) is 108 Å². The van der Waals surface area contributed by atoms with Crippen LogP contribution in [0.1, 0.15) is 28.9 Å². The van der Waals surface area contributed by atoms with E-state index in [0.717, 1.165) is 4.52 Å². The quantitative estimate of drug-likeness (QED) is 0.568. The average Bonchev–Trinajstić information content (AvgIpc) is 3.36. The summed E-state index contributed by atoms with van der Waals surface area (Å²) in [4.78, 5) is 8.84. The third kappa shape index (κ3) is 4.23. The molecule has 1 aliphatic heterocycles. The second kappa shape index (κ2) is 9.42. The summed E-state index contributed by atoms with van der Waals surface area (Å²) in [5.74, 6) is -0.682. The van der Waals surface area contributed by atoms with Gasteiger partial charge in [0.2, 0.25) is 0 Å². The number of halogens is 4. The Morgan fingerprint density at radius 1 is 1.44 bits per heavy atom. The Balaban J connectivity index is 2.13. The minimum Gasteiger partial charge on any atom is -0.388 e. The number of anilines is 1. The van der Waals surface area contributed by atoms with Crippen molar-refractivity contribution < 1.29 is 23.0 Å². The van der Waals surface area contributed by atoms with Gasteiger partial charge in [-0.15, -0.1) is 0 Å². The Labute approximate surface area is 196 Å². The first kappa shape index (κ1) is 23.7. The van der Waals surface area contributed by atoms with Crippen LogP contribution in [-0.2, 0) is 4.74 Å². The highest BCUT2D eigenvalue weighted by molar-refractivity contribution is 6.31. The maximum absolute atomic E-state index is 14.3. The molecule has 176 valence electrons. The number of aryl methyl sites for hydroxylation is 1. The Hall–Kier alpha value is -3.46. The molecule has 0 bridgehead atoms. The SMILES string of the molecule is C=CNc1cc(Cl)c(F)cc1/C=c1\c(C)nc2c(C#N)c(C(F)F)nn2c1=NC1COCC1O. The molecule has 0 aliphatic carbocycles. The number of nitrogens with one attached hydrogen (secondary N) is 1. The van der Waals surface area contributed by atoms with E-state index in [9.17, 15) is 23.5 Å². The van der Waals surface area contributed by atoms with Gasteiger partial charge in [-0.05, 0) is 31.3 Å². The molecule has 0 spiro atoms. The summed E-state index contributed by atoms with van der Waals surface area (Å²) in [7, 11) is 0. The Kier molecular flexibility index (Phi) is 6.56. The molecule has 0 amide bonds. The van der Waals surface area contributed by atoms with Gasteiger partial charge < -0.3 is 15.2 Å². The Morgan fingerprint density at radius 2 is 2.21 bits per heavy atom. The number of alkyl halides is 2. The van der Waals surface area contributed by atoms with Crippen molar-refractivity contribution in [3.63, 3.8) is 0 Å². The van der Waals surface area contributed by atoms with Gasteiger partial charge in [0.05, 0.1) is 23.9 Å². The lowest BCUT2D eigenvalue weighted by Gasteiger charge is -2.10. The first-order valence-electron chi connectivity index (χ1n) is 10.0. The van der Waals surface area contributed by atoms with Crippen molar-refractivity contribution in [2.24, 2.45) is 4.99 Å². The van der Waals surface area contributed by atoms with Gasteiger partial charge in [0, 0.05) is 16.5 Å². The largest absolute Gasteiger partial charge is 0.388 e. The molecule has 2 aromatic heterocycles. The average molecular weight is 491 g/mol. The molecule has 2 N–H and O–H groups in total. The number of rotatable bonds is 5. The number of benzene rings is 1. The number of aliphatic hydroxyl groups is 1. The van der Waals surface area contributed by atoms with Crippen molar-refractivity contribution >= 4 is 29.0 Å². The van der Waals surface area contributed by atoms with E-state index in [1.807, 2.05) is 0 Å². The second-order valence-corrected chi connectivity index (χ2v) is 7.90. The number of ether oxygens (including phenoxy) is 1. The molecule has 0 saturated carbocycles. The second-order valence-electron chi connectivity index (χ2n) is 7.49. The van der Waals surface area contributed by atoms with Gasteiger partial charge in [-0.1, -0.05) is 18.2 Å². The van der Waals surface area contributed by atoms with Crippen LogP contribution in [0.2, 0.25) is 5.02 Å². The Morgan fingerprint density at radius 3 is 2.82 bits per heavy atom. The molecule has 3 aromatic rings. The maximum Gasteiger partial charge on any atom is 0.283 e. The van der Waals surface area contributed by atoms with Gasteiger partial charge in [0.15, 0.2) is 11.1 Å². The molecule has 3 heterocycles. The molecular weight excluding hydrogens is 473 g/mol. The van der Waals surface area contributed by atoms with E-state index in [4.69, 9.17) is 16.3 Å². The summed E-state index contributed by atoms with van der Waals surface area (Å²) in [6.07, 6.45) is -1.04. The summed E-state index contributed by atoms with van der Waals surface area (Å²) >= 11 is 5.91. The fraction of sp³-hybridized carbons (Fsp3) is 0.273. The van der Waals surface area contributed by atoms with Crippen molar-refractivity contribution in [1.82, 2.24) is 14.6 Å². The van der Waals surface area contributed by atoms with Gasteiger partial charge in [0.25, 0.3) is 6.43 Å². The van der Waals surface area contributed by atoms with Crippen LogP contribution in [0, 0.1) is 24.1 Å². The molecule has 1 fully saturated rings. The smallest absolute Gasteiger partial charge is 0.283 e. The molecule has 1 saturated heterocycles. The molecule has 1 aliphatic rings. The lowest BCUT2D eigenvalue weighted by molar-refractivity contribution is 0.124. The predicted molar refractivity (Wildman–Crippen MR) is 118 cm³/mol. The highest BCUT2D eigenvalue weighted by Crippen LogP contribution is 2.26. The van der Waals surface area contributed by atoms with E-state index in [1.165, 1.54) is 24.4 Å². The summed E-state index contributed by atoms with van der Waals surface area (Å²) in [5.41, 5.74) is -0.0906. The minimum atomic E-state index is -3.02. The lowest BCUT2D eigenvalue weighted by Crippen LogP contribution is -2.39. The van der Waals surface area contributed by atoms with Gasteiger partial charge in [-0.25, -0.2) is 18.2 Å². The fourth-order valence-electron chi connectivity index (χ4n) is 3.61. The number of nitriles is 1. The van der Waals surface area contributed by atoms with E-state index in [-0.39, 0.29) is 34.9 Å². The number of aliphatic hydroxyl groups excluding tert-OH is 1. The van der Waals surface area contributed by atoms with Crippen LogP contribution in [0.5, 0.6) is 0 Å². The normalized spacial score (nSPS) is 19.2. The van der Waals surface area contributed by atoms with Crippen molar-refractivity contribution in [1.29, 1.82) is 5.26 Å².